The van der Waals surface area contributed by atoms with Crippen LogP contribution in [0.4, 0.5) is 0 Å². The molecule has 0 aliphatic carbocycles. The van der Waals surface area contributed by atoms with Crippen LogP contribution in [0.1, 0.15) is 73.9 Å². The van der Waals surface area contributed by atoms with E-state index in [1.807, 2.05) is 24.3 Å². The summed E-state index contributed by atoms with van der Waals surface area (Å²) in [6, 6.07) is 15.1. The lowest BCUT2D eigenvalue weighted by Gasteiger charge is -2.15. The molecule has 0 aliphatic rings. The highest BCUT2D eigenvalue weighted by Crippen LogP contribution is 2.24. The van der Waals surface area contributed by atoms with Crippen molar-refractivity contribution in [3.05, 3.63) is 65.2 Å². The molecule has 0 amide bonds. The van der Waals surface area contributed by atoms with E-state index in [4.69, 9.17) is 9.84 Å². The topological polar surface area (TPSA) is 46.5 Å². The number of para-hydroxylation sites is 1. The van der Waals surface area contributed by atoms with Gasteiger partial charge in [0.25, 0.3) is 0 Å². The summed E-state index contributed by atoms with van der Waals surface area (Å²) in [7, 11) is 0. The van der Waals surface area contributed by atoms with E-state index in [2.05, 4.69) is 26.0 Å². The van der Waals surface area contributed by atoms with E-state index in [0.29, 0.717) is 18.1 Å². The summed E-state index contributed by atoms with van der Waals surface area (Å²) in [6.45, 7) is 5.02. The molecule has 0 saturated heterocycles. The average molecular weight is 369 g/mol. The molecular formula is C24H32O3. The minimum Gasteiger partial charge on any atom is -0.489 e. The molecule has 27 heavy (non-hydrogen) atoms. The van der Waals surface area contributed by atoms with E-state index in [1.165, 1.54) is 44.1 Å². The maximum atomic E-state index is 10.9. The van der Waals surface area contributed by atoms with Gasteiger partial charge in [-0.3, -0.25) is 0 Å². The van der Waals surface area contributed by atoms with Crippen LogP contribution in [0.5, 0.6) is 5.75 Å². The van der Waals surface area contributed by atoms with Crippen molar-refractivity contribution in [1.29, 1.82) is 0 Å². The summed E-state index contributed by atoms with van der Waals surface area (Å²) >= 11 is 0. The number of carbonyl (C=O) groups is 1. The highest BCUT2D eigenvalue weighted by Gasteiger charge is 2.09. The Bertz CT molecular complexity index is 691. The molecular weight excluding hydrogens is 336 g/mol. The van der Waals surface area contributed by atoms with Gasteiger partial charge in [-0.15, -0.1) is 0 Å². The number of hydrogen-bond donors (Lipinski definition) is 1. The SMILES string of the molecule is CCCCCCCC(C)Cc1ccccc1OCc1ccc(C(=O)O)cc1. The number of aromatic carboxylic acids is 1. The number of rotatable bonds is 12. The van der Waals surface area contributed by atoms with Crippen LogP contribution in [-0.4, -0.2) is 11.1 Å². The molecule has 0 saturated carbocycles. The van der Waals surface area contributed by atoms with Crippen LogP contribution in [0.25, 0.3) is 0 Å². The molecule has 0 aromatic heterocycles. The van der Waals surface area contributed by atoms with Crippen molar-refractivity contribution in [2.24, 2.45) is 5.92 Å². The second kappa shape index (κ2) is 11.4. The van der Waals surface area contributed by atoms with E-state index in [0.717, 1.165) is 17.7 Å². The van der Waals surface area contributed by atoms with Crippen molar-refractivity contribution in [3.8, 4) is 5.75 Å². The lowest BCUT2D eigenvalue weighted by molar-refractivity contribution is 0.0697. The molecule has 146 valence electrons. The van der Waals surface area contributed by atoms with Gasteiger partial charge >= 0.3 is 5.97 Å². The van der Waals surface area contributed by atoms with Gasteiger partial charge in [-0.05, 0) is 41.7 Å². The first kappa shape index (κ1) is 21.0. The molecule has 3 nitrogen and oxygen atoms in total. The Kier molecular flexibility index (Phi) is 8.90. The number of benzene rings is 2. The Hall–Kier alpha value is -2.29. The molecule has 2 rings (SSSR count). The lowest BCUT2D eigenvalue weighted by atomic mass is 9.94. The van der Waals surface area contributed by atoms with Crippen LogP contribution >= 0.6 is 0 Å². The van der Waals surface area contributed by atoms with Gasteiger partial charge in [-0.25, -0.2) is 4.79 Å². The van der Waals surface area contributed by atoms with Crippen LogP contribution in [0, 0.1) is 5.92 Å². The fraction of sp³-hybridized carbons (Fsp3) is 0.458. The minimum atomic E-state index is -0.906. The first-order valence-electron chi connectivity index (χ1n) is 10.1. The zero-order valence-electron chi connectivity index (χ0n) is 16.6. The molecule has 0 spiro atoms. The highest BCUT2D eigenvalue weighted by atomic mass is 16.5. The zero-order valence-corrected chi connectivity index (χ0v) is 16.6. The zero-order chi connectivity index (χ0) is 19.5. The van der Waals surface area contributed by atoms with Crippen molar-refractivity contribution in [2.75, 3.05) is 0 Å². The molecule has 2 aromatic rings. The van der Waals surface area contributed by atoms with Crippen molar-refractivity contribution in [1.82, 2.24) is 0 Å². The fourth-order valence-corrected chi connectivity index (χ4v) is 3.29. The standard InChI is InChI=1S/C24H32O3/c1-3-4-5-6-7-10-19(2)17-22-11-8-9-12-23(22)27-18-20-13-15-21(16-14-20)24(25)26/h8-9,11-16,19H,3-7,10,17-18H2,1-2H3,(H,25,26). The Morgan fingerprint density at radius 1 is 1.00 bits per heavy atom. The maximum Gasteiger partial charge on any atom is 0.335 e. The molecule has 0 aliphatic heterocycles. The third-order valence-electron chi connectivity index (χ3n) is 4.94. The first-order chi connectivity index (χ1) is 13.1. The summed E-state index contributed by atoms with van der Waals surface area (Å²) in [5, 5.41) is 8.98. The van der Waals surface area contributed by atoms with Gasteiger partial charge in [0.15, 0.2) is 0 Å². The fourth-order valence-electron chi connectivity index (χ4n) is 3.29. The summed E-state index contributed by atoms with van der Waals surface area (Å²) in [5.41, 5.74) is 2.52. The molecule has 0 heterocycles. The maximum absolute atomic E-state index is 10.9. The summed E-state index contributed by atoms with van der Waals surface area (Å²) in [4.78, 5) is 10.9. The number of carboxylic acids is 1. The van der Waals surface area contributed by atoms with Gasteiger partial charge in [-0.1, -0.05) is 82.7 Å². The molecule has 0 bridgehead atoms. The molecule has 3 heteroatoms. The molecule has 1 atom stereocenters. The van der Waals surface area contributed by atoms with Crippen molar-refractivity contribution >= 4 is 5.97 Å². The van der Waals surface area contributed by atoms with Gasteiger partial charge in [-0.2, -0.15) is 0 Å². The monoisotopic (exact) mass is 368 g/mol. The lowest BCUT2D eigenvalue weighted by Crippen LogP contribution is -2.04. The molecule has 1 N–H and O–H groups in total. The predicted octanol–water partition coefficient (Wildman–Crippen LogP) is 6.50. The van der Waals surface area contributed by atoms with Gasteiger partial charge in [0.05, 0.1) is 5.56 Å². The van der Waals surface area contributed by atoms with Crippen LogP contribution in [0.3, 0.4) is 0 Å². The highest BCUT2D eigenvalue weighted by molar-refractivity contribution is 5.87. The predicted molar refractivity (Wildman–Crippen MR) is 110 cm³/mol. The number of ether oxygens (including phenoxy) is 1. The Balaban J connectivity index is 1.86. The van der Waals surface area contributed by atoms with Gasteiger partial charge in [0, 0.05) is 0 Å². The van der Waals surface area contributed by atoms with Gasteiger partial charge in [0.2, 0.25) is 0 Å². The average Bonchev–Trinajstić information content (AvgIpc) is 2.67. The Morgan fingerprint density at radius 3 is 2.41 bits per heavy atom. The Morgan fingerprint density at radius 2 is 1.70 bits per heavy atom. The largest absolute Gasteiger partial charge is 0.489 e. The summed E-state index contributed by atoms with van der Waals surface area (Å²) in [5.74, 6) is 0.667. The van der Waals surface area contributed by atoms with E-state index in [1.54, 1.807) is 12.1 Å². The van der Waals surface area contributed by atoms with E-state index >= 15 is 0 Å². The van der Waals surface area contributed by atoms with Crippen molar-refractivity contribution in [3.63, 3.8) is 0 Å². The normalized spacial score (nSPS) is 11.9. The first-order valence-corrected chi connectivity index (χ1v) is 10.1. The summed E-state index contributed by atoms with van der Waals surface area (Å²) in [6.07, 6.45) is 8.92. The second-order valence-electron chi connectivity index (χ2n) is 7.41. The van der Waals surface area contributed by atoms with E-state index < -0.39 is 5.97 Å². The smallest absolute Gasteiger partial charge is 0.335 e. The Labute approximate surface area is 163 Å². The van der Waals surface area contributed by atoms with E-state index in [-0.39, 0.29) is 0 Å². The van der Waals surface area contributed by atoms with Crippen LogP contribution < -0.4 is 4.74 Å². The third kappa shape index (κ3) is 7.46. The number of carboxylic acid groups (broad SMARTS) is 1. The second-order valence-corrected chi connectivity index (χ2v) is 7.41. The van der Waals surface area contributed by atoms with Crippen molar-refractivity contribution < 1.29 is 14.6 Å². The molecule has 2 aromatic carbocycles. The molecule has 1 unspecified atom stereocenters. The molecule has 0 radical (unpaired) electrons. The molecule has 0 fully saturated rings. The summed E-state index contributed by atoms with van der Waals surface area (Å²) < 4.78 is 6.03. The third-order valence-corrected chi connectivity index (χ3v) is 4.94. The number of unbranched alkanes of at least 4 members (excludes halogenated alkanes) is 4. The van der Waals surface area contributed by atoms with Crippen LogP contribution in [-0.2, 0) is 13.0 Å². The van der Waals surface area contributed by atoms with Crippen LogP contribution in [0.2, 0.25) is 0 Å². The minimum absolute atomic E-state index is 0.298. The van der Waals surface area contributed by atoms with Gasteiger partial charge in [0.1, 0.15) is 12.4 Å². The quantitative estimate of drug-likeness (QED) is 0.435. The van der Waals surface area contributed by atoms with Gasteiger partial charge < -0.3 is 9.84 Å². The van der Waals surface area contributed by atoms with Crippen LogP contribution in [0.15, 0.2) is 48.5 Å². The van der Waals surface area contributed by atoms with E-state index in [9.17, 15) is 4.79 Å². The number of hydrogen-bond acceptors (Lipinski definition) is 2. The van der Waals surface area contributed by atoms with Crippen molar-refractivity contribution in [2.45, 2.75) is 65.4 Å².